The molecule has 1 aromatic carbocycles. The Bertz CT molecular complexity index is 1060. The summed E-state index contributed by atoms with van der Waals surface area (Å²) in [5.41, 5.74) is 2.00. The van der Waals surface area contributed by atoms with Crippen molar-refractivity contribution in [3.8, 4) is 23.9 Å². The van der Waals surface area contributed by atoms with E-state index in [1.165, 1.54) is 17.5 Å². The molecule has 3 rings (SSSR count). The highest BCUT2D eigenvalue weighted by atomic mass is 32.1. The lowest BCUT2D eigenvalue weighted by Crippen LogP contribution is -2.01. The van der Waals surface area contributed by atoms with Crippen LogP contribution in [0.4, 0.5) is 0 Å². The number of thiazole rings is 1. The fourth-order valence-electron chi connectivity index (χ4n) is 2.31. The smallest absolute Gasteiger partial charge is 0.167 e. The molecule has 2 aromatic heterocycles. The van der Waals surface area contributed by atoms with E-state index in [1.54, 1.807) is 4.57 Å². The van der Waals surface area contributed by atoms with E-state index in [0.29, 0.717) is 19.9 Å². The minimum atomic E-state index is -1.03. The van der Waals surface area contributed by atoms with Crippen LogP contribution in [0.3, 0.4) is 0 Å². The molecular weight excluding hydrogens is 326 g/mol. The molecule has 0 aliphatic carbocycles. The maximum Gasteiger partial charge on any atom is 0.167 e. The standard InChI is InChI=1S/C16H7N5S2/c17-6-10(7-18)13-11(8-19)9-20-15-14(13)23-16(22)21(15)12-4-2-1-3-5-12/h1-5,9-10H. The van der Waals surface area contributed by atoms with Gasteiger partial charge < -0.3 is 0 Å². The number of hydrogen-bond donors (Lipinski definition) is 0. The number of para-hydroxylation sites is 1. The Morgan fingerprint density at radius 2 is 1.83 bits per heavy atom. The number of nitriles is 3. The summed E-state index contributed by atoms with van der Waals surface area (Å²) < 4.78 is 2.93. The molecule has 0 radical (unpaired) electrons. The fourth-order valence-corrected chi connectivity index (χ4v) is 3.79. The quantitative estimate of drug-likeness (QED) is 0.665. The van der Waals surface area contributed by atoms with Crippen LogP contribution >= 0.6 is 23.6 Å². The van der Waals surface area contributed by atoms with Crippen molar-refractivity contribution in [2.75, 3.05) is 0 Å². The fraction of sp³-hybridized carbons (Fsp3) is 0.0625. The van der Waals surface area contributed by atoms with Crippen LogP contribution in [0.25, 0.3) is 16.0 Å². The van der Waals surface area contributed by atoms with E-state index in [1.807, 2.05) is 48.5 Å². The van der Waals surface area contributed by atoms with Gasteiger partial charge in [0, 0.05) is 17.4 Å². The van der Waals surface area contributed by atoms with Gasteiger partial charge in [0.2, 0.25) is 0 Å². The Morgan fingerprint density at radius 3 is 2.43 bits per heavy atom. The minimum absolute atomic E-state index is 0.224. The van der Waals surface area contributed by atoms with Crippen molar-refractivity contribution in [3.05, 3.63) is 51.6 Å². The molecule has 0 bridgehead atoms. The summed E-state index contributed by atoms with van der Waals surface area (Å²) in [7, 11) is 0. The van der Waals surface area contributed by atoms with E-state index in [4.69, 9.17) is 12.2 Å². The first kappa shape index (κ1) is 14.9. The molecule has 2 heterocycles. The van der Waals surface area contributed by atoms with Crippen LogP contribution < -0.4 is 0 Å². The predicted molar refractivity (Wildman–Crippen MR) is 88.5 cm³/mol. The first-order chi connectivity index (χ1) is 11.2. The summed E-state index contributed by atoms with van der Waals surface area (Å²) in [6, 6.07) is 15.3. The SMILES string of the molecule is N#Cc1cnc2c(sc(=S)n2-c2ccccc2)c1C(C#N)C#N. The van der Waals surface area contributed by atoms with E-state index in [9.17, 15) is 15.8 Å². The van der Waals surface area contributed by atoms with Crippen LogP contribution in [0.5, 0.6) is 0 Å². The van der Waals surface area contributed by atoms with Crippen LogP contribution in [-0.2, 0) is 0 Å². The average molecular weight is 333 g/mol. The van der Waals surface area contributed by atoms with E-state index in [0.717, 1.165) is 5.69 Å². The Labute approximate surface area is 140 Å². The van der Waals surface area contributed by atoms with Crippen LogP contribution in [0.1, 0.15) is 17.0 Å². The maximum atomic E-state index is 9.27. The topological polar surface area (TPSA) is 89.2 Å². The second-order valence-electron chi connectivity index (χ2n) is 4.58. The first-order valence-electron chi connectivity index (χ1n) is 6.50. The van der Waals surface area contributed by atoms with Gasteiger partial charge in [-0.15, -0.1) is 11.3 Å². The molecule has 0 atom stereocenters. The van der Waals surface area contributed by atoms with Crippen molar-refractivity contribution in [1.29, 1.82) is 15.8 Å². The summed E-state index contributed by atoms with van der Waals surface area (Å²) in [4.78, 5) is 4.33. The van der Waals surface area contributed by atoms with Gasteiger partial charge in [0.25, 0.3) is 0 Å². The van der Waals surface area contributed by atoms with Crippen molar-refractivity contribution < 1.29 is 0 Å². The number of hydrogen-bond acceptors (Lipinski definition) is 6. The monoisotopic (exact) mass is 333 g/mol. The van der Waals surface area contributed by atoms with Crippen LogP contribution in [-0.4, -0.2) is 9.55 Å². The second-order valence-corrected chi connectivity index (χ2v) is 6.22. The molecule has 0 unspecified atom stereocenters. The summed E-state index contributed by atoms with van der Waals surface area (Å²) in [5, 5.41) is 27.7. The van der Waals surface area contributed by atoms with E-state index >= 15 is 0 Å². The Hall–Kier alpha value is -3.05. The van der Waals surface area contributed by atoms with Crippen LogP contribution in [0.2, 0.25) is 0 Å². The minimum Gasteiger partial charge on any atom is -0.276 e. The van der Waals surface area contributed by atoms with Gasteiger partial charge >= 0.3 is 0 Å². The van der Waals surface area contributed by atoms with Gasteiger partial charge in [-0.25, -0.2) is 4.98 Å². The van der Waals surface area contributed by atoms with Gasteiger partial charge in [-0.1, -0.05) is 18.2 Å². The lowest BCUT2D eigenvalue weighted by atomic mass is 9.98. The van der Waals surface area contributed by atoms with Gasteiger partial charge in [-0.2, -0.15) is 15.8 Å². The lowest BCUT2D eigenvalue weighted by molar-refractivity contribution is 1.06. The van der Waals surface area contributed by atoms with Crippen molar-refractivity contribution in [3.63, 3.8) is 0 Å². The highest BCUT2D eigenvalue weighted by Gasteiger charge is 2.22. The largest absolute Gasteiger partial charge is 0.276 e. The lowest BCUT2D eigenvalue weighted by Gasteiger charge is -2.07. The maximum absolute atomic E-state index is 9.27. The molecule has 0 N–H and O–H groups in total. The van der Waals surface area contributed by atoms with Crippen molar-refractivity contribution in [2.24, 2.45) is 0 Å². The van der Waals surface area contributed by atoms with Crippen molar-refractivity contribution in [2.45, 2.75) is 5.92 Å². The molecular formula is C16H7N5S2. The number of pyridine rings is 1. The summed E-state index contributed by atoms with van der Waals surface area (Å²) in [6.45, 7) is 0. The third-order valence-electron chi connectivity index (χ3n) is 3.32. The molecule has 23 heavy (non-hydrogen) atoms. The van der Waals surface area contributed by atoms with E-state index < -0.39 is 5.92 Å². The number of rotatable bonds is 2. The van der Waals surface area contributed by atoms with E-state index in [2.05, 4.69) is 4.98 Å². The molecule has 0 spiro atoms. The number of fused-ring (bicyclic) bond motifs is 1. The van der Waals surface area contributed by atoms with Gasteiger partial charge in [-0.05, 0) is 24.4 Å². The van der Waals surface area contributed by atoms with Crippen molar-refractivity contribution in [1.82, 2.24) is 9.55 Å². The normalized spacial score (nSPS) is 10.2. The molecule has 5 nitrogen and oxygen atoms in total. The highest BCUT2D eigenvalue weighted by molar-refractivity contribution is 7.73. The van der Waals surface area contributed by atoms with Gasteiger partial charge in [0.05, 0.1) is 22.4 Å². The molecule has 0 aliphatic rings. The molecule has 0 saturated carbocycles. The van der Waals surface area contributed by atoms with Gasteiger partial charge in [-0.3, -0.25) is 4.57 Å². The van der Waals surface area contributed by atoms with Crippen molar-refractivity contribution >= 4 is 33.9 Å². The number of benzene rings is 1. The van der Waals surface area contributed by atoms with Gasteiger partial charge in [0.15, 0.2) is 15.5 Å². The van der Waals surface area contributed by atoms with E-state index in [-0.39, 0.29) is 5.56 Å². The summed E-state index contributed by atoms with van der Waals surface area (Å²) in [6.07, 6.45) is 1.39. The molecule has 0 fully saturated rings. The number of aromatic nitrogens is 2. The Morgan fingerprint density at radius 1 is 1.13 bits per heavy atom. The zero-order valence-electron chi connectivity index (χ0n) is 11.6. The molecule has 3 aromatic rings. The zero-order valence-corrected chi connectivity index (χ0v) is 13.2. The highest BCUT2D eigenvalue weighted by Crippen LogP contribution is 2.33. The first-order valence-corrected chi connectivity index (χ1v) is 7.73. The third-order valence-corrected chi connectivity index (χ3v) is 4.72. The van der Waals surface area contributed by atoms with Gasteiger partial charge in [0.1, 0.15) is 6.07 Å². The average Bonchev–Trinajstić information content (AvgIpc) is 2.93. The summed E-state index contributed by atoms with van der Waals surface area (Å²) in [5.74, 6) is -1.03. The molecule has 0 saturated heterocycles. The number of nitrogens with zero attached hydrogens (tertiary/aromatic N) is 5. The summed E-state index contributed by atoms with van der Waals surface area (Å²) >= 11 is 6.68. The molecule has 0 aliphatic heterocycles. The van der Waals surface area contributed by atoms with Crippen LogP contribution in [0, 0.1) is 37.9 Å². The Kier molecular flexibility index (Phi) is 3.87. The zero-order chi connectivity index (χ0) is 16.4. The molecule has 108 valence electrons. The molecule has 7 heteroatoms. The second kappa shape index (κ2) is 5.98. The Balaban J connectivity index is 2.43. The third kappa shape index (κ3) is 2.37. The molecule has 0 amide bonds. The van der Waals surface area contributed by atoms with Crippen LogP contribution in [0.15, 0.2) is 36.5 Å². The predicted octanol–water partition coefficient (Wildman–Crippen LogP) is 3.82.